The van der Waals surface area contributed by atoms with E-state index in [4.69, 9.17) is 16.3 Å². The van der Waals surface area contributed by atoms with Crippen LogP contribution in [0.1, 0.15) is 19.8 Å². The molecule has 2 rings (SSSR count). The normalized spacial score (nSPS) is 21.7. The van der Waals surface area contributed by atoms with Crippen molar-refractivity contribution in [2.45, 2.75) is 19.8 Å². The number of carbonyl (C=O) groups excluding carboxylic acids is 3. The van der Waals surface area contributed by atoms with Gasteiger partial charge in [-0.3, -0.25) is 24.5 Å². The van der Waals surface area contributed by atoms with Crippen LogP contribution < -0.4 is 5.32 Å². The van der Waals surface area contributed by atoms with E-state index >= 15 is 0 Å². The van der Waals surface area contributed by atoms with E-state index in [0.29, 0.717) is 0 Å². The zero-order chi connectivity index (χ0) is 20.1. The predicted octanol–water partition coefficient (Wildman–Crippen LogP) is 2.47. The van der Waals surface area contributed by atoms with Gasteiger partial charge in [0.05, 0.1) is 11.4 Å². The Bertz CT molecular complexity index is 772. The molecule has 1 aliphatic rings. The number of rotatable bonds is 7. The van der Waals surface area contributed by atoms with Gasteiger partial charge >= 0.3 is 5.97 Å². The lowest BCUT2D eigenvalue weighted by molar-refractivity contribution is -0.490. The van der Waals surface area contributed by atoms with Gasteiger partial charge in [-0.25, -0.2) is 4.39 Å². The third kappa shape index (κ3) is 5.72. The third-order valence-electron chi connectivity index (χ3n) is 4.50. The van der Waals surface area contributed by atoms with Crippen molar-refractivity contribution < 1.29 is 28.4 Å². The van der Waals surface area contributed by atoms with E-state index in [2.05, 4.69) is 5.32 Å². The Hall–Kier alpha value is -2.55. The summed E-state index contributed by atoms with van der Waals surface area (Å²) in [6, 6.07) is 3.57. The van der Waals surface area contributed by atoms with Gasteiger partial charge in [0.2, 0.25) is 6.54 Å². The Labute approximate surface area is 159 Å². The molecular formula is C17H18ClFN2O6. The lowest BCUT2D eigenvalue weighted by Gasteiger charge is -2.17. The van der Waals surface area contributed by atoms with E-state index in [1.54, 1.807) is 6.92 Å². The van der Waals surface area contributed by atoms with Crippen molar-refractivity contribution in [1.29, 1.82) is 0 Å². The molecule has 3 atom stereocenters. The van der Waals surface area contributed by atoms with Crippen molar-refractivity contribution in [1.82, 2.24) is 0 Å². The highest BCUT2D eigenvalue weighted by molar-refractivity contribution is 6.31. The molecule has 0 heterocycles. The second-order valence-electron chi connectivity index (χ2n) is 6.48. The van der Waals surface area contributed by atoms with Crippen LogP contribution in [0.5, 0.6) is 0 Å². The third-order valence-corrected chi connectivity index (χ3v) is 4.79. The number of hydrogen-bond acceptors (Lipinski definition) is 6. The molecule has 0 radical (unpaired) electrons. The highest BCUT2D eigenvalue weighted by atomic mass is 35.5. The van der Waals surface area contributed by atoms with Crippen molar-refractivity contribution in [3.05, 3.63) is 39.2 Å². The molecule has 27 heavy (non-hydrogen) atoms. The van der Waals surface area contributed by atoms with Gasteiger partial charge < -0.3 is 10.1 Å². The summed E-state index contributed by atoms with van der Waals surface area (Å²) in [6.45, 7) is 0.736. The average Bonchev–Trinajstić information content (AvgIpc) is 2.83. The highest BCUT2D eigenvalue weighted by Gasteiger charge is 2.44. The van der Waals surface area contributed by atoms with E-state index in [9.17, 15) is 28.9 Å². The monoisotopic (exact) mass is 400 g/mol. The quantitative estimate of drug-likeness (QED) is 0.427. The summed E-state index contributed by atoms with van der Waals surface area (Å²) in [7, 11) is 0. The Kier molecular flexibility index (Phi) is 6.84. The molecule has 1 aromatic carbocycles. The number of amides is 1. The second kappa shape index (κ2) is 8.90. The molecule has 146 valence electrons. The number of nitrogens with zero attached hydrogens (tertiary/aromatic N) is 1. The molecule has 0 saturated heterocycles. The van der Waals surface area contributed by atoms with Gasteiger partial charge in [0.15, 0.2) is 6.61 Å². The minimum Gasteiger partial charge on any atom is -0.456 e. The number of nitro groups is 1. The van der Waals surface area contributed by atoms with Crippen LogP contribution in [-0.4, -0.2) is 35.7 Å². The maximum Gasteiger partial charge on any atom is 0.307 e. The first-order valence-electron chi connectivity index (χ1n) is 8.22. The average molecular weight is 401 g/mol. The van der Waals surface area contributed by atoms with Gasteiger partial charge in [-0.1, -0.05) is 18.5 Å². The Morgan fingerprint density at radius 2 is 2.15 bits per heavy atom. The van der Waals surface area contributed by atoms with Crippen LogP contribution in [0.4, 0.5) is 10.1 Å². The van der Waals surface area contributed by atoms with Crippen molar-refractivity contribution in [2.75, 3.05) is 18.5 Å². The summed E-state index contributed by atoms with van der Waals surface area (Å²) < 4.78 is 17.9. The van der Waals surface area contributed by atoms with Crippen LogP contribution in [-0.2, 0) is 19.1 Å². The zero-order valence-electron chi connectivity index (χ0n) is 14.4. The molecule has 1 N–H and O–H groups in total. The smallest absolute Gasteiger partial charge is 0.307 e. The summed E-state index contributed by atoms with van der Waals surface area (Å²) in [5.41, 5.74) is 0.230. The zero-order valence-corrected chi connectivity index (χ0v) is 15.2. The van der Waals surface area contributed by atoms with Gasteiger partial charge in [-0.05, 0) is 24.1 Å². The van der Waals surface area contributed by atoms with E-state index in [0.717, 1.165) is 6.07 Å². The lowest BCUT2D eigenvalue weighted by Crippen LogP contribution is -2.28. The van der Waals surface area contributed by atoms with E-state index in [1.807, 2.05) is 0 Å². The summed E-state index contributed by atoms with van der Waals surface area (Å²) in [5.74, 6) is -3.81. The molecular weight excluding hydrogens is 383 g/mol. The Morgan fingerprint density at radius 1 is 1.44 bits per heavy atom. The minimum absolute atomic E-state index is 0.171. The number of esters is 1. The topological polar surface area (TPSA) is 116 Å². The van der Waals surface area contributed by atoms with E-state index in [-0.39, 0.29) is 35.3 Å². The number of ketones is 1. The molecule has 1 fully saturated rings. The summed E-state index contributed by atoms with van der Waals surface area (Å²) in [6.07, 6.45) is -0.125. The molecule has 0 bridgehead atoms. The predicted molar refractivity (Wildman–Crippen MR) is 93.2 cm³/mol. The second-order valence-corrected chi connectivity index (χ2v) is 6.88. The molecule has 0 aliphatic heterocycles. The number of ether oxygens (including phenoxy) is 1. The number of nitrogens with one attached hydrogen (secondary N) is 1. The highest BCUT2D eigenvalue weighted by Crippen LogP contribution is 2.36. The number of benzene rings is 1. The maximum absolute atomic E-state index is 13.1. The largest absolute Gasteiger partial charge is 0.456 e. The van der Waals surface area contributed by atoms with Gasteiger partial charge in [-0.2, -0.15) is 0 Å². The van der Waals surface area contributed by atoms with Crippen molar-refractivity contribution in [3.63, 3.8) is 0 Å². The maximum atomic E-state index is 13.1. The molecule has 0 unspecified atom stereocenters. The number of carbonyl (C=O) groups is 3. The van der Waals surface area contributed by atoms with Crippen LogP contribution in [0.3, 0.4) is 0 Å². The van der Waals surface area contributed by atoms with E-state index < -0.39 is 47.6 Å². The summed E-state index contributed by atoms with van der Waals surface area (Å²) in [5, 5.41) is 13.0. The Balaban J connectivity index is 1.85. The van der Waals surface area contributed by atoms with Crippen LogP contribution in [0, 0.1) is 33.7 Å². The minimum atomic E-state index is -0.789. The number of hydrogen-bond donors (Lipinski definition) is 1. The first kappa shape index (κ1) is 20.8. The molecule has 1 saturated carbocycles. The van der Waals surface area contributed by atoms with Crippen molar-refractivity contribution in [3.8, 4) is 0 Å². The fourth-order valence-corrected chi connectivity index (χ4v) is 3.34. The standard InChI is InChI=1S/C17H18ClFN2O6/c1-9-4-15(22)11(12(9)7-21(25)26)6-17(24)27-8-16(23)20-10-2-3-14(19)13(18)5-10/h2-3,5,9,11-12H,4,6-8H2,1H3,(H,20,23)/t9-,11+,12+/m0/s1. The van der Waals surface area contributed by atoms with Crippen LogP contribution in [0.25, 0.3) is 0 Å². The van der Waals surface area contributed by atoms with Crippen molar-refractivity contribution >= 4 is 34.9 Å². The Morgan fingerprint density at radius 3 is 2.78 bits per heavy atom. The van der Waals surface area contributed by atoms with Gasteiger partial charge in [0.1, 0.15) is 11.6 Å². The van der Waals surface area contributed by atoms with Crippen LogP contribution >= 0.6 is 11.6 Å². The number of anilines is 1. The fourth-order valence-electron chi connectivity index (χ4n) is 3.16. The molecule has 1 aromatic rings. The molecule has 1 aliphatic carbocycles. The number of Topliss-reactive ketones (excluding diaryl/α,β-unsaturated/α-hetero) is 1. The molecule has 1 amide bonds. The van der Waals surface area contributed by atoms with E-state index in [1.165, 1.54) is 12.1 Å². The summed E-state index contributed by atoms with van der Waals surface area (Å²) >= 11 is 5.60. The first-order chi connectivity index (χ1) is 12.7. The van der Waals surface area contributed by atoms with Gasteiger partial charge in [0, 0.05) is 28.9 Å². The molecule has 0 spiro atoms. The van der Waals surface area contributed by atoms with Gasteiger partial charge in [0.25, 0.3) is 5.91 Å². The summed E-state index contributed by atoms with van der Waals surface area (Å²) in [4.78, 5) is 46.0. The van der Waals surface area contributed by atoms with Crippen LogP contribution in [0.15, 0.2) is 18.2 Å². The van der Waals surface area contributed by atoms with Crippen LogP contribution in [0.2, 0.25) is 5.02 Å². The fraction of sp³-hybridized carbons (Fsp3) is 0.471. The van der Waals surface area contributed by atoms with Gasteiger partial charge in [-0.15, -0.1) is 0 Å². The SMILES string of the molecule is C[C@H]1CC(=O)[C@H](CC(=O)OCC(=O)Nc2ccc(F)c(Cl)c2)[C@@H]1C[N+](=O)[O-]. The number of halogens is 2. The lowest BCUT2D eigenvalue weighted by atomic mass is 9.88. The first-order valence-corrected chi connectivity index (χ1v) is 8.60. The molecule has 8 nitrogen and oxygen atoms in total. The van der Waals surface area contributed by atoms with Crippen molar-refractivity contribution in [2.24, 2.45) is 17.8 Å². The molecule has 10 heteroatoms. The molecule has 0 aromatic heterocycles.